The normalized spacial score (nSPS) is 21.4. The van der Waals surface area contributed by atoms with Gasteiger partial charge in [-0.15, -0.1) is 5.10 Å². The molecule has 1 unspecified atom stereocenters. The van der Waals surface area contributed by atoms with Crippen molar-refractivity contribution in [3.05, 3.63) is 83.4 Å². The van der Waals surface area contributed by atoms with Crippen molar-refractivity contribution in [2.75, 3.05) is 6.61 Å². The van der Waals surface area contributed by atoms with Gasteiger partial charge in [-0.25, -0.2) is 22.2 Å². The van der Waals surface area contributed by atoms with Crippen LogP contribution >= 0.6 is 0 Å². The van der Waals surface area contributed by atoms with Crippen molar-refractivity contribution in [2.45, 2.75) is 49.0 Å². The molecule has 12 nitrogen and oxygen atoms in total. The van der Waals surface area contributed by atoms with Crippen molar-refractivity contribution in [3.63, 3.8) is 0 Å². The van der Waals surface area contributed by atoms with E-state index < -0.39 is 16.0 Å². The molecule has 6 heterocycles. The Morgan fingerprint density at radius 1 is 1.04 bits per heavy atom. The van der Waals surface area contributed by atoms with Gasteiger partial charge in [-0.1, -0.05) is 30.3 Å². The van der Waals surface area contributed by atoms with Crippen molar-refractivity contribution >= 4 is 32.1 Å². The van der Waals surface area contributed by atoms with Gasteiger partial charge in [0.1, 0.15) is 12.4 Å². The highest BCUT2D eigenvalue weighted by molar-refractivity contribution is 7.90. The fourth-order valence-corrected chi connectivity index (χ4v) is 8.61. The van der Waals surface area contributed by atoms with Gasteiger partial charge >= 0.3 is 5.69 Å². The molecule has 2 aromatic carbocycles. The highest BCUT2D eigenvalue weighted by Crippen LogP contribution is 2.46. The van der Waals surface area contributed by atoms with E-state index in [9.17, 15) is 13.2 Å². The highest BCUT2D eigenvalue weighted by Gasteiger charge is 2.39. The number of benzene rings is 2. The smallest absolute Gasteiger partial charge is 0.329 e. The standard InChI is InChI=1S/C33H32FN7O5S/c1-18-17-45-21-11-9-19(10-12-21)27-28-30-25(39(3)33(42)40(30)20-13-24(35)26(14-20)46-18)15-36-32(28)41(29(27)23-16-38(2)37-31(23)34)47(43,44)22-7-5-4-6-8-22/h4-12,15-16,18,20,24,26H,13-14,17,35H2,1-3H3/t18?,20-,24-,26+/m0/s1. The summed E-state index contributed by atoms with van der Waals surface area (Å²) in [4.78, 5) is 18.8. The molecule has 1 saturated carbocycles. The molecule has 242 valence electrons. The van der Waals surface area contributed by atoms with Gasteiger partial charge in [-0.05, 0) is 49.6 Å². The molecule has 0 radical (unpaired) electrons. The molecule has 1 aliphatic carbocycles. The minimum atomic E-state index is -4.38. The van der Waals surface area contributed by atoms with Crippen LogP contribution in [-0.2, 0) is 28.9 Å². The monoisotopic (exact) mass is 657 g/mol. The molecule has 0 spiro atoms. The Morgan fingerprint density at radius 3 is 2.49 bits per heavy atom. The number of hydrogen-bond donors (Lipinski definition) is 1. The van der Waals surface area contributed by atoms with Gasteiger partial charge in [0.25, 0.3) is 10.0 Å². The van der Waals surface area contributed by atoms with Crippen molar-refractivity contribution in [1.29, 1.82) is 0 Å². The molecule has 6 aromatic rings. The van der Waals surface area contributed by atoms with Crippen molar-refractivity contribution in [2.24, 2.45) is 19.8 Å². The topological polar surface area (TPSA) is 141 Å². The van der Waals surface area contributed by atoms with Crippen molar-refractivity contribution < 1.29 is 22.3 Å². The van der Waals surface area contributed by atoms with E-state index in [1.54, 1.807) is 61.1 Å². The van der Waals surface area contributed by atoms with Gasteiger partial charge in [0.05, 0.1) is 51.0 Å². The summed E-state index contributed by atoms with van der Waals surface area (Å²) >= 11 is 0. The van der Waals surface area contributed by atoms with Crippen molar-refractivity contribution in [3.8, 4) is 28.1 Å². The van der Waals surface area contributed by atoms with Crippen LogP contribution in [0.2, 0.25) is 0 Å². The van der Waals surface area contributed by atoms with Gasteiger partial charge in [0.15, 0.2) is 5.65 Å². The van der Waals surface area contributed by atoms with Gasteiger partial charge in [-0.2, -0.15) is 4.39 Å². The van der Waals surface area contributed by atoms with Crippen LogP contribution in [0.4, 0.5) is 4.39 Å². The third-order valence-electron chi connectivity index (χ3n) is 9.24. The van der Waals surface area contributed by atoms with E-state index in [1.807, 2.05) is 6.92 Å². The van der Waals surface area contributed by atoms with Crippen LogP contribution in [0, 0.1) is 5.95 Å². The maximum Gasteiger partial charge on any atom is 0.329 e. The summed E-state index contributed by atoms with van der Waals surface area (Å²) in [5.74, 6) is -0.285. The molecular formula is C33H32FN7O5S. The van der Waals surface area contributed by atoms with Crippen LogP contribution in [-0.4, -0.2) is 61.1 Å². The van der Waals surface area contributed by atoms with Crippen LogP contribution in [0.15, 0.2) is 76.7 Å². The Morgan fingerprint density at radius 2 is 1.79 bits per heavy atom. The van der Waals surface area contributed by atoms with Gasteiger partial charge in [0, 0.05) is 37.9 Å². The van der Waals surface area contributed by atoms with Gasteiger partial charge in [-0.3, -0.25) is 13.8 Å². The average molecular weight is 658 g/mol. The lowest BCUT2D eigenvalue weighted by Crippen LogP contribution is -2.35. The number of ether oxygens (including phenoxy) is 2. The van der Waals surface area contributed by atoms with Crippen LogP contribution in [0.25, 0.3) is 44.5 Å². The average Bonchev–Trinajstić information content (AvgIpc) is 3.77. The van der Waals surface area contributed by atoms with E-state index in [1.165, 1.54) is 33.8 Å². The number of pyridine rings is 1. The van der Waals surface area contributed by atoms with Gasteiger partial charge in [0.2, 0.25) is 5.95 Å². The van der Waals surface area contributed by atoms with E-state index in [0.717, 1.165) is 3.97 Å². The Bertz CT molecular complexity index is 2360. The molecule has 0 saturated heterocycles. The van der Waals surface area contributed by atoms with E-state index in [2.05, 4.69) is 5.10 Å². The number of aromatic nitrogens is 6. The third kappa shape index (κ3) is 4.46. The lowest BCUT2D eigenvalue weighted by atomic mass is 9.99. The highest BCUT2D eigenvalue weighted by atomic mass is 32.2. The maximum absolute atomic E-state index is 15.8. The third-order valence-corrected chi connectivity index (χ3v) is 10.9. The lowest BCUT2D eigenvalue weighted by molar-refractivity contribution is -0.0279. The molecule has 4 bridgehead atoms. The lowest BCUT2D eigenvalue weighted by Gasteiger charge is -2.22. The minimum Gasteiger partial charge on any atom is -0.491 e. The van der Waals surface area contributed by atoms with Crippen LogP contribution in [0.5, 0.6) is 5.75 Å². The quantitative estimate of drug-likeness (QED) is 0.302. The van der Waals surface area contributed by atoms with Gasteiger partial charge < -0.3 is 15.2 Å². The molecule has 47 heavy (non-hydrogen) atoms. The number of imidazole rings is 1. The zero-order valence-electron chi connectivity index (χ0n) is 25.9. The first-order valence-corrected chi connectivity index (χ1v) is 16.8. The minimum absolute atomic E-state index is 0.0110. The number of halogens is 1. The SMILES string of the molecule is CC1COc2ccc(cc2)-c2c(-c3cn(C)nc3F)n(S(=O)(=O)c3ccccc3)c3ncc4c(c23)n(c(=O)n4C)[C@H]2C[C@H](N)[C@@H](C2)O1. The van der Waals surface area contributed by atoms with Crippen LogP contribution in [0.1, 0.15) is 25.8 Å². The second-order valence-electron chi connectivity index (χ2n) is 12.3. The molecule has 4 aromatic heterocycles. The number of hydrogen-bond acceptors (Lipinski definition) is 8. The number of rotatable bonds is 3. The summed E-state index contributed by atoms with van der Waals surface area (Å²) < 4.78 is 63.1. The number of nitrogens with two attached hydrogens (primary N) is 1. The van der Waals surface area contributed by atoms with Crippen molar-refractivity contribution in [1.82, 2.24) is 27.9 Å². The fourth-order valence-electron chi connectivity index (χ4n) is 7.10. The number of nitrogens with zero attached hydrogens (tertiary/aromatic N) is 6. The second-order valence-corrected chi connectivity index (χ2v) is 14.1. The summed E-state index contributed by atoms with van der Waals surface area (Å²) in [6.07, 6.45) is 3.25. The molecule has 2 aliphatic heterocycles. The molecule has 4 atom stereocenters. The Labute approximate surface area is 268 Å². The predicted octanol–water partition coefficient (Wildman–Crippen LogP) is 3.96. The fraction of sp³-hybridized carbons (Fsp3) is 0.303. The van der Waals surface area contributed by atoms with E-state index in [0.29, 0.717) is 46.1 Å². The predicted molar refractivity (Wildman–Crippen MR) is 173 cm³/mol. The van der Waals surface area contributed by atoms with E-state index in [-0.39, 0.29) is 58.4 Å². The summed E-state index contributed by atoms with van der Waals surface area (Å²) in [6.45, 7) is 2.19. The summed E-state index contributed by atoms with van der Waals surface area (Å²) in [5.41, 5.74) is 8.26. The number of aryl methyl sites for hydroxylation is 2. The molecule has 9 rings (SSSR count). The molecule has 2 N–H and O–H groups in total. The summed E-state index contributed by atoms with van der Waals surface area (Å²) in [7, 11) is -1.16. The molecule has 14 heteroatoms. The molecular weight excluding hydrogens is 625 g/mol. The Hall–Kier alpha value is -4.79. The Balaban J connectivity index is 1.59. The molecule has 1 fully saturated rings. The van der Waals surface area contributed by atoms with E-state index in [4.69, 9.17) is 20.2 Å². The van der Waals surface area contributed by atoms with E-state index >= 15 is 4.39 Å². The zero-order chi connectivity index (χ0) is 32.8. The summed E-state index contributed by atoms with van der Waals surface area (Å²) in [6, 6.07) is 14.3. The molecule has 0 amide bonds. The number of fused-ring (bicyclic) bond motifs is 5. The first-order chi connectivity index (χ1) is 22.5. The largest absolute Gasteiger partial charge is 0.491 e. The molecule has 3 aliphatic rings. The summed E-state index contributed by atoms with van der Waals surface area (Å²) in [5, 5.41) is 4.32. The van der Waals surface area contributed by atoms with Crippen LogP contribution < -0.4 is 16.2 Å². The Kier molecular flexibility index (Phi) is 6.69. The first kappa shape index (κ1) is 29.6. The van der Waals surface area contributed by atoms with Crippen LogP contribution in [0.3, 0.4) is 0 Å². The zero-order valence-corrected chi connectivity index (χ0v) is 26.7. The maximum atomic E-state index is 15.8. The second kappa shape index (κ2) is 10.6. The first-order valence-electron chi connectivity index (χ1n) is 15.3.